The van der Waals surface area contributed by atoms with Crippen LogP contribution >= 0.6 is 11.3 Å². The number of allylic oxidation sites excluding steroid dienone is 2. The summed E-state index contributed by atoms with van der Waals surface area (Å²) in [6, 6.07) is 5.56. The number of esters is 3. The van der Waals surface area contributed by atoms with Gasteiger partial charge in [0.15, 0.2) is 0 Å². The smallest absolute Gasteiger partial charge is 0.336 e. The lowest BCUT2D eigenvalue weighted by atomic mass is 9.76. The maximum atomic E-state index is 13.6. The summed E-state index contributed by atoms with van der Waals surface area (Å²) >= 11 is 1.31. The number of hydrogen-bond acceptors (Lipinski definition) is 11. The summed E-state index contributed by atoms with van der Waals surface area (Å²) in [6.45, 7) is 9.52. The largest absolute Gasteiger partial charge is 0.463 e. The quantitative estimate of drug-likeness (QED) is 0.280. The minimum atomic E-state index is -1.46. The van der Waals surface area contributed by atoms with Crippen LogP contribution in [-0.2, 0) is 33.4 Å². The average molecular weight is 542 g/mol. The number of ketones is 1. The van der Waals surface area contributed by atoms with Crippen molar-refractivity contribution in [3.63, 3.8) is 0 Å². The normalized spacial score (nSPS) is 19.8. The van der Waals surface area contributed by atoms with E-state index in [9.17, 15) is 24.4 Å². The van der Waals surface area contributed by atoms with Crippen molar-refractivity contribution in [2.45, 2.75) is 53.6 Å². The Morgan fingerprint density at radius 2 is 1.74 bits per heavy atom. The second kappa shape index (κ2) is 11.6. The van der Waals surface area contributed by atoms with Crippen LogP contribution < -0.4 is 5.73 Å². The van der Waals surface area contributed by atoms with Crippen molar-refractivity contribution in [3.8, 4) is 6.07 Å². The van der Waals surface area contributed by atoms with E-state index in [2.05, 4.69) is 0 Å². The number of nitriles is 1. The van der Waals surface area contributed by atoms with Gasteiger partial charge in [0.2, 0.25) is 0 Å². The van der Waals surface area contributed by atoms with Gasteiger partial charge in [0.05, 0.1) is 53.9 Å². The number of ether oxygens (including phenoxy) is 3. The Morgan fingerprint density at radius 3 is 2.21 bits per heavy atom. The molecule has 3 atom stereocenters. The molecule has 2 N–H and O–H groups in total. The molecule has 0 aromatic carbocycles. The lowest BCUT2D eigenvalue weighted by Gasteiger charge is -2.37. The zero-order chi connectivity index (χ0) is 28.3. The monoisotopic (exact) mass is 541 g/mol. The Kier molecular flexibility index (Phi) is 8.78. The van der Waals surface area contributed by atoms with Crippen LogP contribution in [0.4, 0.5) is 0 Å². The standard InChI is InChI=1S/C27H31N3O7S/c1-7-35-25(32)18-14(5)30-23(22(26(33)36-8-2)21(18)17-10-9-11-38-17)20(16(12-28)24(30)29)19(15(6)31)27(34)37-13(3)4/h9-11,13,19-21H,7-8,29H2,1-6H3/t19-,20+,21-/m1/s1. The minimum Gasteiger partial charge on any atom is -0.463 e. The van der Waals surface area contributed by atoms with Gasteiger partial charge in [-0.25, -0.2) is 9.59 Å². The number of hydrogen-bond donors (Lipinski definition) is 1. The number of nitrogens with zero attached hydrogens (tertiary/aromatic N) is 2. The summed E-state index contributed by atoms with van der Waals surface area (Å²) in [5, 5.41) is 11.9. The third kappa shape index (κ3) is 4.96. The van der Waals surface area contributed by atoms with Crippen molar-refractivity contribution in [1.82, 2.24) is 4.90 Å². The molecule has 0 aliphatic carbocycles. The van der Waals surface area contributed by atoms with Gasteiger partial charge in [-0.1, -0.05) is 6.07 Å². The molecule has 0 unspecified atom stereocenters. The van der Waals surface area contributed by atoms with Crippen LogP contribution in [0.5, 0.6) is 0 Å². The predicted molar refractivity (Wildman–Crippen MR) is 138 cm³/mol. The highest BCUT2D eigenvalue weighted by atomic mass is 32.1. The molecule has 202 valence electrons. The number of Topliss-reactive ketones (excluding diaryl/α,β-unsaturated/α-hetero) is 1. The van der Waals surface area contributed by atoms with Crippen LogP contribution in [0.15, 0.2) is 51.4 Å². The molecule has 2 aliphatic rings. The Hall–Kier alpha value is -3.91. The maximum absolute atomic E-state index is 13.6. The highest BCUT2D eigenvalue weighted by molar-refractivity contribution is 7.10. The third-order valence-electron chi connectivity index (χ3n) is 6.26. The fourth-order valence-electron chi connectivity index (χ4n) is 4.90. The number of carbonyl (C=O) groups excluding carboxylic acids is 4. The highest BCUT2D eigenvalue weighted by Gasteiger charge is 2.53. The Morgan fingerprint density at radius 1 is 1.13 bits per heavy atom. The molecule has 2 aliphatic heterocycles. The molecule has 10 nitrogen and oxygen atoms in total. The van der Waals surface area contributed by atoms with Gasteiger partial charge >= 0.3 is 17.9 Å². The molecule has 0 bridgehead atoms. The van der Waals surface area contributed by atoms with E-state index in [4.69, 9.17) is 19.9 Å². The molecule has 0 fully saturated rings. The maximum Gasteiger partial charge on any atom is 0.336 e. The van der Waals surface area contributed by atoms with E-state index in [1.165, 1.54) is 23.2 Å². The van der Waals surface area contributed by atoms with Gasteiger partial charge in [-0.2, -0.15) is 5.26 Å². The first-order valence-corrected chi connectivity index (χ1v) is 13.1. The summed E-state index contributed by atoms with van der Waals surface area (Å²) in [6.07, 6.45) is -0.533. The van der Waals surface area contributed by atoms with Crippen LogP contribution in [0, 0.1) is 23.2 Å². The van der Waals surface area contributed by atoms with Crippen LogP contribution in [0.2, 0.25) is 0 Å². The van der Waals surface area contributed by atoms with E-state index in [1.807, 2.05) is 6.07 Å². The molecule has 11 heteroatoms. The fourth-order valence-corrected chi connectivity index (χ4v) is 5.74. The summed E-state index contributed by atoms with van der Waals surface area (Å²) in [7, 11) is 0. The Bertz CT molecular complexity index is 1280. The third-order valence-corrected chi connectivity index (χ3v) is 7.19. The van der Waals surface area contributed by atoms with Crippen LogP contribution in [0.25, 0.3) is 0 Å². The van der Waals surface area contributed by atoms with Crippen molar-refractivity contribution < 1.29 is 33.4 Å². The van der Waals surface area contributed by atoms with Gasteiger partial charge in [0.1, 0.15) is 17.5 Å². The van der Waals surface area contributed by atoms with Crippen molar-refractivity contribution >= 4 is 35.0 Å². The highest BCUT2D eigenvalue weighted by Crippen LogP contribution is 2.53. The van der Waals surface area contributed by atoms with Crippen LogP contribution in [0.3, 0.4) is 0 Å². The van der Waals surface area contributed by atoms with Crippen molar-refractivity contribution in [1.29, 1.82) is 5.26 Å². The minimum absolute atomic E-state index is 0.00440. The van der Waals surface area contributed by atoms with Gasteiger partial charge < -0.3 is 24.8 Å². The van der Waals surface area contributed by atoms with Gasteiger partial charge in [0, 0.05) is 16.3 Å². The van der Waals surface area contributed by atoms with E-state index < -0.39 is 47.5 Å². The topological polar surface area (TPSA) is 149 Å². The second-order valence-electron chi connectivity index (χ2n) is 8.99. The molecule has 0 radical (unpaired) electrons. The second-order valence-corrected chi connectivity index (χ2v) is 9.96. The first kappa shape index (κ1) is 28.7. The summed E-state index contributed by atoms with van der Waals surface area (Å²) in [4.78, 5) is 55.1. The molecular weight excluding hydrogens is 510 g/mol. The van der Waals surface area contributed by atoms with E-state index in [-0.39, 0.29) is 41.5 Å². The van der Waals surface area contributed by atoms with Crippen LogP contribution in [0.1, 0.15) is 52.3 Å². The summed E-state index contributed by atoms with van der Waals surface area (Å²) in [5.41, 5.74) is 6.97. The SMILES string of the molecule is CCOC(=O)C1=C(C)N2C(N)=C(C#N)[C@@H]([C@@H](C(C)=O)C(=O)OC(C)C)C2=C(C(=O)OCC)[C@@H]1c1cccs1. The number of nitrogens with two attached hydrogens (primary N) is 1. The lowest BCUT2D eigenvalue weighted by molar-refractivity contribution is -0.156. The molecular formula is C27H31N3O7S. The molecule has 0 spiro atoms. The van der Waals surface area contributed by atoms with Crippen molar-refractivity contribution in [3.05, 3.63) is 56.3 Å². The molecule has 1 aromatic rings. The summed E-state index contributed by atoms with van der Waals surface area (Å²) in [5.74, 6) is -6.58. The lowest BCUT2D eigenvalue weighted by Crippen LogP contribution is -2.40. The van der Waals surface area contributed by atoms with Gasteiger partial charge in [-0.3, -0.25) is 9.59 Å². The van der Waals surface area contributed by atoms with E-state index in [0.717, 1.165) is 0 Å². The summed E-state index contributed by atoms with van der Waals surface area (Å²) < 4.78 is 16.2. The zero-order valence-corrected chi connectivity index (χ0v) is 23.0. The molecule has 38 heavy (non-hydrogen) atoms. The number of carbonyl (C=O) groups is 4. The van der Waals surface area contributed by atoms with Gasteiger partial charge in [-0.05, 0) is 53.0 Å². The first-order chi connectivity index (χ1) is 18.0. The van der Waals surface area contributed by atoms with Crippen molar-refractivity contribution in [2.75, 3.05) is 13.2 Å². The number of thiophene rings is 1. The number of rotatable bonds is 9. The zero-order valence-electron chi connectivity index (χ0n) is 22.2. The predicted octanol–water partition coefficient (Wildman–Crippen LogP) is 3.28. The molecule has 3 rings (SSSR count). The Balaban J connectivity index is 2.45. The van der Waals surface area contributed by atoms with E-state index in [0.29, 0.717) is 10.6 Å². The fraction of sp³-hybridized carbons (Fsp3) is 0.444. The molecule has 3 heterocycles. The van der Waals surface area contributed by atoms with E-state index >= 15 is 0 Å². The number of fused-ring (bicyclic) bond motifs is 1. The molecule has 0 saturated heterocycles. The van der Waals surface area contributed by atoms with E-state index in [1.54, 1.807) is 52.1 Å². The van der Waals surface area contributed by atoms with Crippen molar-refractivity contribution in [2.24, 2.45) is 17.6 Å². The molecule has 0 saturated carbocycles. The average Bonchev–Trinajstić information content (AvgIpc) is 3.45. The first-order valence-electron chi connectivity index (χ1n) is 12.2. The van der Waals surface area contributed by atoms with Crippen LogP contribution in [-0.4, -0.2) is 47.9 Å². The Labute approximate surface area is 225 Å². The molecule has 0 amide bonds. The van der Waals surface area contributed by atoms with Gasteiger partial charge in [-0.15, -0.1) is 11.3 Å². The van der Waals surface area contributed by atoms with Gasteiger partial charge in [0.25, 0.3) is 0 Å². The molecule has 1 aromatic heterocycles.